The van der Waals surface area contributed by atoms with E-state index in [1.807, 2.05) is 24.3 Å². The van der Waals surface area contributed by atoms with Crippen LogP contribution in [0.3, 0.4) is 0 Å². The fourth-order valence-electron chi connectivity index (χ4n) is 2.52. The van der Waals surface area contributed by atoms with Crippen molar-refractivity contribution in [3.05, 3.63) is 60.3 Å². The molecule has 0 spiro atoms. The smallest absolute Gasteiger partial charge is 0.276 e. The van der Waals surface area contributed by atoms with Crippen molar-refractivity contribution in [2.24, 2.45) is 5.10 Å². The summed E-state index contributed by atoms with van der Waals surface area (Å²) in [5.74, 6) is 0.483. The topological polar surface area (TPSA) is 126 Å². The van der Waals surface area contributed by atoms with E-state index in [-0.39, 0.29) is 10.8 Å². The van der Waals surface area contributed by atoms with E-state index < -0.39 is 10.0 Å². The van der Waals surface area contributed by atoms with Gasteiger partial charge in [-0.1, -0.05) is 0 Å². The summed E-state index contributed by atoms with van der Waals surface area (Å²) in [6.45, 7) is 1.37. The van der Waals surface area contributed by atoms with Gasteiger partial charge in [-0.05, 0) is 48.5 Å². The van der Waals surface area contributed by atoms with Gasteiger partial charge in [0.25, 0.3) is 10.0 Å². The van der Waals surface area contributed by atoms with Gasteiger partial charge in [-0.2, -0.15) is 18.6 Å². The highest BCUT2D eigenvalue weighted by atomic mass is 32.2. The van der Waals surface area contributed by atoms with Gasteiger partial charge in [0.05, 0.1) is 30.1 Å². The predicted octanol–water partition coefficient (Wildman–Crippen LogP) is 2.36. The Kier molecular flexibility index (Phi) is 5.93. The Balaban J connectivity index is 1.72. The van der Waals surface area contributed by atoms with Crippen LogP contribution in [0.5, 0.6) is 5.75 Å². The third-order valence-electron chi connectivity index (χ3n) is 3.91. The number of hydrogen-bond acceptors (Lipinski definition) is 6. The quantitative estimate of drug-likeness (QED) is 0.405. The SMILES string of the molecule is COc1ccc(-c2[nH]ncc2C=NNS(=O)(=O)c2ccc(NC(C)=O)cc2)cc1. The number of aromatic nitrogens is 2. The lowest BCUT2D eigenvalue weighted by molar-refractivity contribution is -0.114. The van der Waals surface area contributed by atoms with Gasteiger partial charge >= 0.3 is 0 Å². The van der Waals surface area contributed by atoms with Crippen LogP contribution in [0.2, 0.25) is 0 Å². The van der Waals surface area contributed by atoms with Crippen LogP contribution in [0, 0.1) is 0 Å². The third kappa shape index (κ3) is 4.99. The third-order valence-corrected chi connectivity index (χ3v) is 5.15. The summed E-state index contributed by atoms with van der Waals surface area (Å²) in [7, 11) is -2.27. The Morgan fingerprint density at radius 3 is 2.45 bits per heavy atom. The molecule has 3 N–H and O–H groups in total. The molecule has 3 aromatic rings. The number of nitrogens with zero attached hydrogens (tertiary/aromatic N) is 2. The molecule has 29 heavy (non-hydrogen) atoms. The molecule has 10 heteroatoms. The first-order valence-electron chi connectivity index (χ1n) is 8.49. The number of anilines is 1. The second-order valence-electron chi connectivity index (χ2n) is 5.99. The Morgan fingerprint density at radius 2 is 1.83 bits per heavy atom. The molecule has 0 aliphatic heterocycles. The number of methoxy groups -OCH3 is 1. The number of aromatic amines is 1. The zero-order valence-electron chi connectivity index (χ0n) is 15.7. The van der Waals surface area contributed by atoms with Gasteiger partial charge in [0.15, 0.2) is 0 Å². The number of sulfonamides is 1. The number of rotatable bonds is 7. The van der Waals surface area contributed by atoms with Crippen LogP contribution in [0.4, 0.5) is 5.69 Å². The van der Waals surface area contributed by atoms with Gasteiger partial charge in [0.2, 0.25) is 5.91 Å². The molecule has 0 aliphatic rings. The number of H-pyrrole nitrogens is 1. The molecule has 0 unspecified atom stereocenters. The van der Waals surface area contributed by atoms with E-state index in [9.17, 15) is 13.2 Å². The number of ether oxygens (including phenoxy) is 1. The van der Waals surface area contributed by atoms with E-state index in [0.717, 1.165) is 11.3 Å². The highest BCUT2D eigenvalue weighted by Crippen LogP contribution is 2.22. The van der Waals surface area contributed by atoms with Crippen molar-refractivity contribution in [1.82, 2.24) is 15.0 Å². The van der Waals surface area contributed by atoms with Gasteiger partial charge in [-0.25, -0.2) is 4.83 Å². The maximum Gasteiger partial charge on any atom is 0.276 e. The number of nitrogens with one attached hydrogen (secondary N) is 3. The van der Waals surface area contributed by atoms with Crippen LogP contribution < -0.4 is 14.9 Å². The summed E-state index contributed by atoms with van der Waals surface area (Å²) in [5, 5.41) is 13.3. The first kappa shape index (κ1) is 20.1. The molecule has 0 atom stereocenters. The first-order chi connectivity index (χ1) is 13.9. The lowest BCUT2D eigenvalue weighted by Gasteiger charge is -2.06. The van der Waals surface area contributed by atoms with Gasteiger partial charge in [-0.3, -0.25) is 9.89 Å². The number of carbonyl (C=O) groups is 1. The molecular formula is C19H19N5O4S. The number of hydrogen-bond donors (Lipinski definition) is 3. The molecule has 1 aromatic heterocycles. The van der Waals surface area contributed by atoms with E-state index in [4.69, 9.17) is 4.74 Å². The van der Waals surface area contributed by atoms with Crippen LogP contribution in [-0.2, 0) is 14.8 Å². The molecule has 0 radical (unpaired) electrons. The van der Waals surface area contributed by atoms with E-state index >= 15 is 0 Å². The summed E-state index contributed by atoms with van der Waals surface area (Å²) in [5.41, 5.74) is 2.65. The molecular weight excluding hydrogens is 394 g/mol. The first-order valence-corrected chi connectivity index (χ1v) is 9.97. The molecule has 9 nitrogen and oxygen atoms in total. The highest BCUT2D eigenvalue weighted by Gasteiger charge is 2.13. The summed E-state index contributed by atoms with van der Waals surface area (Å²) in [4.78, 5) is 13.2. The summed E-state index contributed by atoms with van der Waals surface area (Å²) >= 11 is 0. The molecule has 0 bridgehead atoms. The minimum Gasteiger partial charge on any atom is -0.497 e. The maximum atomic E-state index is 12.4. The second kappa shape index (κ2) is 8.57. The highest BCUT2D eigenvalue weighted by molar-refractivity contribution is 7.89. The number of benzene rings is 2. The van der Waals surface area contributed by atoms with Crippen LogP contribution in [0.25, 0.3) is 11.3 Å². The summed E-state index contributed by atoms with van der Waals surface area (Å²) in [6.07, 6.45) is 2.91. The Morgan fingerprint density at radius 1 is 1.14 bits per heavy atom. The average Bonchev–Trinajstić information content (AvgIpc) is 3.16. The Hall–Kier alpha value is -3.66. The van der Waals surface area contributed by atoms with Gasteiger partial charge in [0.1, 0.15) is 5.75 Å². The van der Waals surface area contributed by atoms with Gasteiger partial charge in [0, 0.05) is 23.7 Å². The molecule has 1 amide bonds. The zero-order chi connectivity index (χ0) is 20.9. The molecule has 0 aliphatic carbocycles. The van der Waals surface area contributed by atoms with Gasteiger partial charge in [-0.15, -0.1) is 0 Å². The molecule has 0 fully saturated rings. The van der Waals surface area contributed by atoms with Gasteiger partial charge < -0.3 is 10.1 Å². The van der Waals surface area contributed by atoms with Crippen LogP contribution in [0.15, 0.2) is 64.7 Å². The Bertz CT molecular complexity index is 1120. The molecule has 1 heterocycles. The van der Waals surface area contributed by atoms with Crippen molar-refractivity contribution in [2.45, 2.75) is 11.8 Å². The fraction of sp³-hybridized carbons (Fsp3) is 0.105. The van der Waals surface area contributed by atoms with Crippen molar-refractivity contribution in [1.29, 1.82) is 0 Å². The van der Waals surface area contributed by atoms with Crippen LogP contribution in [-0.4, -0.2) is 37.8 Å². The van der Waals surface area contributed by atoms with Crippen molar-refractivity contribution in [2.75, 3.05) is 12.4 Å². The van der Waals surface area contributed by atoms with Crippen molar-refractivity contribution in [3.63, 3.8) is 0 Å². The van der Waals surface area contributed by atoms with Crippen LogP contribution >= 0.6 is 0 Å². The van der Waals surface area contributed by atoms with Crippen molar-refractivity contribution >= 4 is 27.8 Å². The lowest BCUT2D eigenvalue weighted by atomic mass is 10.1. The molecule has 150 valence electrons. The standard InChI is InChI=1S/C19H19N5O4S/c1-13(25)22-16-5-9-18(10-6-16)29(26,27)24-21-12-15-11-20-23-19(15)14-3-7-17(28-2)8-4-14/h3-12,24H,1-2H3,(H,20,23)(H,22,25). The molecule has 0 saturated heterocycles. The second-order valence-corrected chi connectivity index (χ2v) is 7.65. The van der Waals surface area contributed by atoms with E-state index in [2.05, 4.69) is 25.4 Å². The largest absolute Gasteiger partial charge is 0.497 e. The fourth-order valence-corrected chi connectivity index (χ4v) is 3.31. The van der Waals surface area contributed by atoms with Crippen LogP contribution in [0.1, 0.15) is 12.5 Å². The van der Waals surface area contributed by atoms with Crippen molar-refractivity contribution in [3.8, 4) is 17.0 Å². The zero-order valence-corrected chi connectivity index (χ0v) is 16.5. The lowest BCUT2D eigenvalue weighted by Crippen LogP contribution is -2.18. The van der Waals surface area contributed by atoms with Crippen molar-refractivity contribution < 1.29 is 17.9 Å². The normalized spacial score (nSPS) is 11.4. The maximum absolute atomic E-state index is 12.4. The molecule has 0 saturated carbocycles. The number of amides is 1. The minimum absolute atomic E-state index is 0.0197. The number of carbonyl (C=O) groups excluding carboxylic acids is 1. The summed E-state index contributed by atoms with van der Waals surface area (Å²) < 4.78 is 29.9. The predicted molar refractivity (Wildman–Crippen MR) is 109 cm³/mol. The summed E-state index contributed by atoms with van der Waals surface area (Å²) in [6, 6.07) is 13.1. The molecule has 2 aromatic carbocycles. The molecule has 3 rings (SSSR count). The number of hydrazone groups is 1. The Labute approximate surface area is 167 Å². The average molecular weight is 413 g/mol. The monoisotopic (exact) mass is 413 g/mol. The van der Waals surface area contributed by atoms with E-state index in [1.54, 1.807) is 13.3 Å². The van der Waals surface area contributed by atoms with E-state index in [1.165, 1.54) is 37.4 Å². The van der Waals surface area contributed by atoms with E-state index in [0.29, 0.717) is 16.9 Å². The minimum atomic E-state index is -3.85.